The number of nitriles is 2. The molecule has 0 amide bonds. The van der Waals surface area contributed by atoms with E-state index in [0.29, 0.717) is 23.8 Å². The molecule has 0 fully saturated rings. The molecule has 3 aromatic rings. The molecule has 2 N–H and O–H groups in total. The van der Waals surface area contributed by atoms with Crippen molar-refractivity contribution in [3.05, 3.63) is 62.9 Å². The van der Waals surface area contributed by atoms with Gasteiger partial charge >= 0.3 is 0 Å². The SMILES string of the molecule is CCOc1cc(/C=C(\C#N)c2nn(-c3ccccc3)c(N)c2C#N)cc(I)c1OC. The Hall–Kier alpha value is -3.50. The van der Waals surface area contributed by atoms with Crippen LogP contribution in [0.2, 0.25) is 0 Å². The quantitative estimate of drug-likeness (QED) is 0.388. The first-order valence-corrected chi connectivity index (χ1v) is 10.1. The minimum atomic E-state index is 0.153. The highest BCUT2D eigenvalue weighted by Gasteiger charge is 2.20. The minimum absolute atomic E-state index is 0.153. The first kappa shape index (κ1) is 21.2. The fourth-order valence-electron chi connectivity index (χ4n) is 2.95. The van der Waals surface area contributed by atoms with E-state index in [1.807, 2.05) is 43.3 Å². The summed E-state index contributed by atoms with van der Waals surface area (Å²) in [5, 5.41) is 23.9. The van der Waals surface area contributed by atoms with Gasteiger partial charge in [-0.2, -0.15) is 15.6 Å². The Morgan fingerprint density at radius 1 is 1.27 bits per heavy atom. The van der Waals surface area contributed by atoms with Crippen LogP contribution in [0.5, 0.6) is 11.5 Å². The van der Waals surface area contributed by atoms with Crippen LogP contribution in [0.1, 0.15) is 23.7 Å². The zero-order valence-electron chi connectivity index (χ0n) is 16.4. The summed E-state index contributed by atoms with van der Waals surface area (Å²) in [7, 11) is 1.58. The van der Waals surface area contributed by atoms with E-state index in [9.17, 15) is 10.5 Å². The third-order valence-electron chi connectivity index (χ3n) is 4.26. The van der Waals surface area contributed by atoms with Gasteiger partial charge in [0.2, 0.25) is 0 Å². The Kier molecular flexibility index (Phi) is 6.60. The fraction of sp³-hybridized carbons (Fsp3) is 0.136. The number of rotatable bonds is 6. The Balaban J connectivity index is 2.15. The van der Waals surface area contributed by atoms with Gasteiger partial charge in [-0.15, -0.1) is 0 Å². The van der Waals surface area contributed by atoms with Crippen molar-refractivity contribution in [1.29, 1.82) is 10.5 Å². The molecule has 0 bridgehead atoms. The molecule has 0 aliphatic heterocycles. The number of benzene rings is 2. The monoisotopic (exact) mass is 511 g/mol. The number of anilines is 1. The number of nitrogens with two attached hydrogens (primary N) is 1. The van der Waals surface area contributed by atoms with Crippen LogP contribution in [-0.4, -0.2) is 23.5 Å². The van der Waals surface area contributed by atoms with Gasteiger partial charge in [0.15, 0.2) is 11.5 Å². The number of hydrogen-bond donors (Lipinski definition) is 1. The third kappa shape index (κ3) is 4.09. The number of aromatic nitrogens is 2. The Morgan fingerprint density at radius 2 is 2.00 bits per heavy atom. The summed E-state index contributed by atoms with van der Waals surface area (Å²) >= 11 is 2.15. The van der Waals surface area contributed by atoms with E-state index < -0.39 is 0 Å². The number of ether oxygens (including phenoxy) is 2. The molecular weight excluding hydrogens is 493 g/mol. The maximum Gasteiger partial charge on any atom is 0.174 e. The molecule has 0 saturated carbocycles. The highest BCUT2D eigenvalue weighted by molar-refractivity contribution is 14.1. The molecule has 150 valence electrons. The lowest BCUT2D eigenvalue weighted by molar-refractivity contribution is 0.309. The van der Waals surface area contributed by atoms with Crippen LogP contribution >= 0.6 is 22.6 Å². The molecule has 0 unspecified atom stereocenters. The molecule has 3 rings (SSSR count). The van der Waals surface area contributed by atoms with Gasteiger partial charge in [0.05, 0.1) is 28.5 Å². The van der Waals surface area contributed by atoms with Gasteiger partial charge in [0.1, 0.15) is 29.2 Å². The summed E-state index contributed by atoms with van der Waals surface area (Å²) in [4.78, 5) is 0. The molecule has 0 radical (unpaired) electrons. The van der Waals surface area contributed by atoms with Crippen molar-refractivity contribution < 1.29 is 9.47 Å². The van der Waals surface area contributed by atoms with Crippen LogP contribution in [0.15, 0.2) is 42.5 Å². The van der Waals surface area contributed by atoms with Gasteiger partial charge in [0, 0.05) is 0 Å². The average molecular weight is 511 g/mol. The number of allylic oxidation sites excluding steroid dienone is 1. The lowest BCUT2D eigenvalue weighted by atomic mass is 10.1. The van der Waals surface area contributed by atoms with E-state index in [0.717, 1.165) is 9.13 Å². The van der Waals surface area contributed by atoms with E-state index in [4.69, 9.17) is 15.2 Å². The molecule has 0 atom stereocenters. The zero-order chi connectivity index (χ0) is 21.7. The second-order valence-corrected chi connectivity index (χ2v) is 7.27. The van der Waals surface area contributed by atoms with E-state index in [2.05, 4.69) is 39.8 Å². The number of halogens is 1. The van der Waals surface area contributed by atoms with Crippen molar-refractivity contribution in [1.82, 2.24) is 9.78 Å². The van der Waals surface area contributed by atoms with Crippen LogP contribution in [0.3, 0.4) is 0 Å². The normalized spacial score (nSPS) is 10.9. The van der Waals surface area contributed by atoms with Crippen molar-refractivity contribution in [2.45, 2.75) is 6.92 Å². The first-order chi connectivity index (χ1) is 14.5. The number of para-hydroxylation sites is 1. The topological polar surface area (TPSA) is 110 Å². The molecular formula is C22H18IN5O2. The molecule has 8 heteroatoms. The lowest BCUT2D eigenvalue weighted by Gasteiger charge is -2.12. The smallest absolute Gasteiger partial charge is 0.174 e. The van der Waals surface area contributed by atoms with E-state index >= 15 is 0 Å². The molecule has 0 aliphatic rings. The summed E-state index contributed by atoms with van der Waals surface area (Å²) in [6.45, 7) is 2.36. The molecule has 7 nitrogen and oxygen atoms in total. The zero-order valence-corrected chi connectivity index (χ0v) is 18.5. The van der Waals surface area contributed by atoms with Crippen molar-refractivity contribution in [3.63, 3.8) is 0 Å². The summed E-state index contributed by atoms with van der Waals surface area (Å²) < 4.78 is 13.4. The van der Waals surface area contributed by atoms with E-state index in [-0.39, 0.29) is 22.6 Å². The maximum atomic E-state index is 9.80. The Morgan fingerprint density at radius 3 is 2.60 bits per heavy atom. The van der Waals surface area contributed by atoms with Crippen LogP contribution in [0, 0.1) is 26.2 Å². The summed E-state index contributed by atoms with van der Waals surface area (Å²) in [5.74, 6) is 1.38. The second kappa shape index (κ2) is 9.33. The fourth-order valence-corrected chi connectivity index (χ4v) is 3.79. The van der Waals surface area contributed by atoms with Crippen LogP contribution in [-0.2, 0) is 0 Å². The molecule has 0 saturated heterocycles. The maximum absolute atomic E-state index is 9.80. The summed E-state index contributed by atoms with van der Waals surface area (Å²) in [5.41, 5.74) is 8.18. The predicted molar refractivity (Wildman–Crippen MR) is 123 cm³/mol. The molecule has 30 heavy (non-hydrogen) atoms. The van der Waals surface area contributed by atoms with Gasteiger partial charge in [-0.3, -0.25) is 0 Å². The van der Waals surface area contributed by atoms with Gasteiger partial charge in [-0.1, -0.05) is 18.2 Å². The van der Waals surface area contributed by atoms with Crippen LogP contribution in [0.4, 0.5) is 5.82 Å². The number of nitrogen functional groups attached to an aromatic ring is 1. The van der Waals surface area contributed by atoms with Gasteiger partial charge in [-0.05, 0) is 65.4 Å². The van der Waals surface area contributed by atoms with Crippen molar-refractivity contribution >= 4 is 40.1 Å². The highest BCUT2D eigenvalue weighted by Crippen LogP contribution is 2.35. The van der Waals surface area contributed by atoms with Crippen molar-refractivity contribution in [3.8, 4) is 29.3 Å². The minimum Gasteiger partial charge on any atom is -0.492 e. The first-order valence-electron chi connectivity index (χ1n) is 9.00. The standard InChI is InChI=1S/C22H18IN5O2/c1-3-30-19-11-14(10-18(23)21(19)29-2)9-15(12-24)20-17(13-25)22(26)28(27-20)16-7-5-4-6-8-16/h4-11H,3,26H2,1-2H3/b15-9+. The van der Waals surface area contributed by atoms with E-state index in [1.165, 1.54) is 4.68 Å². The van der Waals surface area contributed by atoms with Crippen LogP contribution < -0.4 is 15.2 Å². The summed E-state index contributed by atoms with van der Waals surface area (Å²) in [6.07, 6.45) is 1.65. The lowest BCUT2D eigenvalue weighted by Crippen LogP contribution is -2.02. The Labute approximate surface area is 188 Å². The van der Waals surface area contributed by atoms with Gasteiger partial charge in [-0.25, -0.2) is 4.68 Å². The molecule has 1 aromatic heterocycles. The van der Waals surface area contributed by atoms with Crippen LogP contribution in [0.25, 0.3) is 17.3 Å². The third-order valence-corrected chi connectivity index (χ3v) is 5.06. The number of hydrogen-bond acceptors (Lipinski definition) is 6. The molecule has 0 spiro atoms. The highest BCUT2D eigenvalue weighted by atomic mass is 127. The number of methoxy groups -OCH3 is 1. The molecule has 1 heterocycles. The molecule has 2 aromatic carbocycles. The number of nitrogens with zero attached hydrogens (tertiary/aromatic N) is 4. The Bertz CT molecular complexity index is 1190. The van der Waals surface area contributed by atoms with Crippen molar-refractivity contribution in [2.75, 3.05) is 19.5 Å². The average Bonchev–Trinajstić information content (AvgIpc) is 3.09. The van der Waals surface area contributed by atoms with Gasteiger partial charge in [0.25, 0.3) is 0 Å². The second-order valence-electron chi connectivity index (χ2n) is 6.10. The largest absolute Gasteiger partial charge is 0.492 e. The van der Waals surface area contributed by atoms with E-state index in [1.54, 1.807) is 19.3 Å². The predicted octanol–water partition coefficient (Wildman–Crippen LogP) is 4.40. The van der Waals surface area contributed by atoms with Gasteiger partial charge < -0.3 is 15.2 Å². The summed E-state index contributed by atoms with van der Waals surface area (Å²) in [6, 6.07) is 17.1. The molecule has 0 aliphatic carbocycles. The van der Waals surface area contributed by atoms with Crippen molar-refractivity contribution in [2.24, 2.45) is 0 Å².